The highest BCUT2D eigenvalue weighted by atomic mass is 19.4. The molecule has 0 aromatic carbocycles. The molecular weight excluding hydrogens is 311 g/mol. The molecule has 1 aromatic rings. The molecule has 3 rings (SSSR count). The Labute approximate surface area is 131 Å². The molecule has 2 N–H and O–H groups in total. The van der Waals surface area contributed by atoms with Crippen molar-refractivity contribution < 1.29 is 23.1 Å². The first-order valence-electron chi connectivity index (χ1n) is 7.87. The van der Waals surface area contributed by atoms with Crippen molar-refractivity contribution in [1.82, 2.24) is 9.78 Å². The number of amides is 1. The minimum atomic E-state index is -4.34. The maximum absolute atomic E-state index is 12.3. The number of carbonyl (C=O) groups excluding carboxylic acids is 1. The molecule has 8 heteroatoms. The molecule has 0 aliphatic heterocycles. The molecule has 2 bridgehead atoms. The van der Waals surface area contributed by atoms with Crippen LogP contribution < -0.4 is 5.32 Å². The molecule has 2 aliphatic carbocycles. The normalized spacial score (nSPS) is 31.0. The maximum atomic E-state index is 12.3. The number of aliphatic hydroxyl groups is 1. The first-order chi connectivity index (χ1) is 10.8. The quantitative estimate of drug-likeness (QED) is 0.894. The Morgan fingerprint density at radius 1 is 1.26 bits per heavy atom. The fourth-order valence-corrected chi connectivity index (χ4v) is 3.96. The predicted octanol–water partition coefficient (Wildman–Crippen LogP) is 2.57. The third kappa shape index (κ3) is 4.25. The fraction of sp³-hybridized carbons (Fsp3) is 0.733. The van der Waals surface area contributed by atoms with Crippen molar-refractivity contribution in [3.05, 3.63) is 12.3 Å². The van der Waals surface area contributed by atoms with Crippen molar-refractivity contribution in [2.75, 3.05) is 5.32 Å². The number of hydrogen-bond acceptors (Lipinski definition) is 3. The topological polar surface area (TPSA) is 67.2 Å². The molecule has 128 valence electrons. The van der Waals surface area contributed by atoms with Gasteiger partial charge in [-0.2, -0.15) is 18.3 Å². The molecule has 23 heavy (non-hydrogen) atoms. The Bertz CT molecular complexity index is 555. The number of aliphatic hydroxyl groups excluding tert-OH is 1. The number of nitrogens with one attached hydrogen (secondary N) is 1. The number of aromatic nitrogens is 2. The van der Waals surface area contributed by atoms with E-state index in [0.29, 0.717) is 11.8 Å². The molecule has 0 spiro atoms. The summed E-state index contributed by atoms with van der Waals surface area (Å²) in [4.78, 5) is 12.3. The summed E-state index contributed by atoms with van der Waals surface area (Å²) < 4.78 is 37.7. The zero-order chi connectivity index (χ0) is 16.6. The van der Waals surface area contributed by atoms with Gasteiger partial charge < -0.3 is 10.4 Å². The van der Waals surface area contributed by atoms with E-state index in [4.69, 9.17) is 0 Å². The van der Waals surface area contributed by atoms with E-state index in [-0.39, 0.29) is 23.7 Å². The maximum Gasteiger partial charge on any atom is 0.408 e. The van der Waals surface area contributed by atoms with Crippen LogP contribution in [-0.4, -0.2) is 33.1 Å². The van der Waals surface area contributed by atoms with Gasteiger partial charge in [0.2, 0.25) is 5.91 Å². The third-order valence-corrected chi connectivity index (χ3v) is 4.72. The van der Waals surface area contributed by atoms with Gasteiger partial charge in [0.15, 0.2) is 5.82 Å². The Hall–Kier alpha value is -1.57. The number of anilines is 1. The SMILES string of the molecule is O=C(Nc1ccn(CC(F)(F)F)n1)C1CC2CC(O)CC(C2)C1. The standard InChI is InChI=1S/C15H20F3N3O2/c16-15(17,18)8-21-2-1-13(20-21)19-14(23)11-4-9-3-10(5-11)7-12(22)6-9/h1-2,9-12,22H,3-8H2,(H,19,20,23). The third-order valence-electron chi connectivity index (χ3n) is 4.72. The minimum absolute atomic E-state index is 0.148. The summed E-state index contributed by atoms with van der Waals surface area (Å²) in [6.07, 6.45) is 0.581. The smallest absolute Gasteiger partial charge is 0.393 e. The Morgan fingerprint density at radius 3 is 2.52 bits per heavy atom. The summed E-state index contributed by atoms with van der Waals surface area (Å²) >= 11 is 0. The summed E-state index contributed by atoms with van der Waals surface area (Å²) in [5.41, 5.74) is 0. The van der Waals surface area contributed by atoms with E-state index < -0.39 is 12.7 Å². The number of carbonyl (C=O) groups is 1. The van der Waals surface area contributed by atoms with Gasteiger partial charge in [0.05, 0.1) is 6.10 Å². The second kappa shape index (κ2) is 6.14. The first-order valence-corrected chi connectivity index (χ1v) is 7.87. The zero-order valence-corrected chi connectivity index (χ0v) is 12.6. The average Bonchev–Trinajstić information content (AvgIpc) is 2.82. The predicted molar refractivity (Wildman–Crippen MR) is 76.5 cm³/mol. The van der Waals surface area contributed by atoms with Crippen LogP contribution >= 0.6 is 0 Å². The number of rotatable bonds is 3. The van der Waals surface area contributed by atoms with Crippen LogP contribution in [0.5, 0.6) is 0 Å². The molecule has 0 radical (unpaired) electrons. The second-order valence-electron chi connectivity index (χ2n) is 6.76. The number of alkyl halides is 3. The van der Waals surface area contributed by atoms with Crippen LogP contribution in [0.15, 0.2) is 12.3 Å². The van der Waals surface area contributed by atoms with Gasteiger partial charge in [-0.15, -0.1) is 0 Å². The van der Waals surface area contributed by atoms with Crippen molar-refractivity contribution in [3.8, 4) is 0 Å². The zero-order valence-electron chi connectivity index (χ0n) is 12.6. The largest absolute Gasteiger partial charge is 0.408 e. The number of halogens is 3. The summed E-state index contributed by atoms with van der Waals surface area (Å²) in [6.45, 7) is -1.17. The lowest BCUT2D eigenvalue weighted by atomic mass is 9.67. The van der Waals surface area contributed by atoms with E-state index in [2.05, 4.69) is 10.4 Å². The molecule has 2 saturated carbocycles. The Morgan fingerprint density at radius 2 is 1.91 bits per heavy atom. The van der Waals surface area contributed by atoms with Crippen molar-refractivity contribution in [3.63, 3.8) is 0 Å². The highest BCUT2D eigenvalue weighted by Gasteiger charge is 2.38. The van der Waals surface area contributed by atoms with E-state index in [1.165, 1.54) is 12.3 Å². The Kier molecular flexibility index (Phi) is 4.35. The van der Waals surface area contributed by atoms with Gasteiger partial charge in [-0.1, -0.05) is 0 Å². The molecule has 0 saturated heterocycles. The van der Waals surface area contributed by atoms with Crippen LogP contribution in [0.2, 0.25) is 0 Å². The Balaban J connectivity index is 1.57. The van der Waals surface area contributed by atoms with Crippen molar-refractivity contribution in [2.45, 2.75) is 50.9 Å². The number of hydrogen-bond donors (Lipinski definition) is 2. The van der Waals surface area contributed by atoms with Gasteiger partial charge in [-0.25, -0.2) is 0 Å². The summed E-state index contributed by atoms with van der Waals surface area (Å²) in [7, 11) is 0. The van der Waals surface area contributed by atoms with Gasteiger partial charge in [0, 0.05) is 18.2 Å². The van der Waals surface area contributed by atoms with Crippen LogP contribution in [0.1, 0.15) is 32.1 Å². The highest BCUT2D eigenvalue weighted by molar-refractivity contribution is 5.91. The number of nitrogens with zero attached hydrogens (tertiary/aromatic N) is 2. The van der Waals surface area contributed by atoms with Gasteiger partial charge in [-0.3, -0.25) is 9.48 Å². The van der Waals surface area contributed by atoms with Crippen LogP contribution in [0.4, 0.5) is 19.0 Å². The highest BCUT2D eigenvalue weighted by Crippen LogP contribution is 2.42. The van der Waals surface area contributed by atoms with Crippen molar-refractivity contribution in [2.24, 2.45) is 17.8 Å². The van der Waals surface area contributed by atoms with Gasteiger partial charge in [-0.05, 0) is 43.9 Å². The molecule has 2 fully saturated rings. The lowest BCUT2D eigenvalue weighted by Gasteiger charge is -2.40. The van der Waals surface area contributed by atoms with E-state index in [0.717, 1.165) is 36.8 Å². The molecule has 2 unspecified atom stereocenters. The minimum Gasteiger partial charge on any atom is -0.393 e. The van der Waals surface area contributed by atoms with Gasteiger partial charge >= 0.3 is 6.18 Å². The molecule has 1 heterocycles. The average molecular weight is 331 g/mol. The molecule has 2 atom stereocenters. The van der Waals surface area contributed by atoms with E-state index in [9.17, 15) is 23.1 Å². The molecule has 1 aromatic heterocycles. The molecular formula is C15H20F3N3O2. The van der Waals surface area contributed by atoms with Crippen LogP contribution in [0, 0.1) is 17.8 Å². The molecule has 1 amide bonds. The van der Waals surface area contributed by atoms with E-state index in [1.54, 1.807) is 0 Å². The van der Waals surface area contributed by atoms with Crippen molar-refractivity contribution >= 4 is 11.7 Å². The summed E-state index contributed by atoms with van der Waals surface area (Å²) in [5, 5.41) is 16.1. The van der Waals surface area contributed by atoms with E-state index in [1.807, 2.05) is 0 Å². The molecule has 2 aliphatic rings. The lowest BCUT2D eigenvalue weighted by Crippen LogP contribution is -2.38. The van der Waals surface area contributed by atoms with E-state index >= 15 is 0 Å². The molecule has 5 nitrogen and oxygen atoms in total. The van der Waals surface area contributed by atoms with Crippen LogP contribution in [-0.2, 0) is 11.3 Å². The van der Waals surface area contributed by atoms with Crippen molar-refractivity contribution in [1.29, 1.82) is 0 Å². The number of fused-ring (bicyclic) bond motifs is 2. The fourth-order valence-electron chi connectivity index (χ4n) is 3.96. The summed E-state index contributed by atoms with van der Waals surface area (Å²) in [6, 6.07) is 1.37. The second-order valence-corrected chi connectivity index (χ2v) is 6.76. The van der Waals surface area contributed by atoms with Gasteiger partial charge in [0.25, 0.3) is 0 Å². The summed E-state index contributed by atoms with van der Waals surface area (Å²) in [5.74, 6) is 0.523. The van der Waals surface area contributed by atoms with Gasteiger partial charge in [0.1, 0.15) is 6.54 Å². The monoisotopic (exact) mass is 331 g/mol. The lowest BCUT2D eigenvalue weighted by molar-refractivity contribution is -0.142. The van der Waals surface area contributed by atoms with Crippen LogP contribution in [0.3, 0.4) is 0 Å². The van der Waals surface area contributed by atoms with Crippen LogP contribution in [0.25, 0.3) is 0 Å². The first kappa shape index (κ1) is 16.3.